The van der Waals surface area contributed by atoms with Gasteiger partial charge in [-0.2, -0.15) is 8.78 Å². The van der Waals surface area contributed by atoms with Crippen molar-refractivity contribution in [1.82, 2.24) is 14.5 Å². The van der Waals surface area contributed by atoms with Gasteiger partial charge in [-0.25, -0.2) is 4.98 Å². The van der Waals surface area contributed by atoms with Gasteiger partial charge in [-0.1, -0.05) is 30.3 Å². The van der Waals surface area contributed by atoms with E-state index in [2.05, 4.69) is 9.97 Å². The van der Waals surface area contributed by atoms with Crippen LogP contribution in [0.3, 0.4) is 0 Å². The van der Waals surface area contributed by atoms with Crippen molar-refractivity contribution >= 4 is 7.60 Å². The predicted molar refractivity (Wildman–Crippen MR) is 86.9 cm³/mol. The number of imidazole rings is 1. The minimum Gasteiger partial charge on any atom is -0.325 e. The van der Waals surface area contributed by atoms with Crippen LogP contribution in [0.15, 0.2) is 61.1 Å². The zero-order valence-electron chi connectivity index (χ0n) is 12.8. The number of alkyl halides is 2. The molecule has 2 N–H and O–H groups in total. The maximum atomic E-state index is 13.7. The highest BCUT2D eigenvalue weighted by Gasteiger charge is 2.50. The number of benzene rings is 1. The van der Waals surface area contributed by atoms with Gasteiger partial charge in [-0.05, 0) is 17.7 Å². The molecule has 0 unspecified atom stereocenters. The molecule has 9 heteroatoms. The van der Waals surface area contributed by atoms with Crippen molar-refractivity contribution < 1.29 is 23.1 Å². The predicted octanol–water partition coefficient (Wildman–Crippen LogP) is 3.22. The Morgan fingerprint density at radius 3 is 2.36 bits per heavy atom. The largest absolute Gasteiger partial charge is 0.399 e. The SMILES string of the molecule is O=P(O)(O)C(F)(F)c1ccc(Cn2ccnc2-c2ccccn2)cc1. The number of aromatic nitrogens is 3. The molecule has 0 aliphatic rings. The van der Waals surface area contributed by atoms with Crippen LogP contribution in [-0.2, 0) is 16.8 Å². The Bertz CT molecular complexity index is 908. The lowest BCUT2D eigenvalue weighted by molar-refractivity contribution is 0.0564. The van der Waals surface area contributed by atoms with E-state index in [1.807, 2.05) is 12.1 Å². The summed E-state index contributed by atoms with van der Waals surface area (Å²) >= 11 is 0. The molecule has 0 fully saturated rings. The van der Waals surface area contributed by atoms with Crippen LogP contribution < -0.4 is 0 Å². The molecule has 0 bridgehead atoms. The summed E-state index contributed by atoms with van der Waals surface area (Å²) in [5, 5.41) is 0. The fraction of sp³-hybridized carbons (Fsp3) is 0.125. The lowest BCUT2D eigenvalue weighted by atomic mass is 10.1. The third kappa shape index (κ3) is 3.51. The van der Waals surface area contributed by atoms with Gasteiger partial charge < -0.3 is 14.4 Å². The summed E-state index contributed by atoms with van der Waals surface area (Å²) in [5.74, 6) is 0.630. The van der Waals surface area contributed by atoms with Gasteiger partial charge >= 0.3 is 13.3 Å². The van der Waals surface area contributed by atoms with Crippen molar-refractivity contribution in [3.05, 3.63) is 72.2 Å². The zero-order valence-corrected chi connectivity index (χ0v) is 13.7. The number of hydrogen-bond donors (Lipinski definition) is 2. The first-order chi connectivity index (χ1) is 11.8. The molecule has 6 nitrogen and oxygen atoms in total. The zero-order chi connectivity index (χ0) is 18.1. The van der Waals surface area contributed by atoms with E-state index in [1.165, 1.54) is 12.1 Å². The maximum Gasteiger partial charge on any atom is 0.399 e. The van der Waals surface area contributed by atoms with Crippen molar-refractivity contribution in [3.8, 4) is 11.5 Å². The first-order valence-corrected chi connectivity index (χ1v) is 8.86. The molecule has 3 aromatic rings. The smallest absolute Gasteiger partial charge is 0.325 e. The molecule has 0 aliphatic carbocycles. The molecule has 3 rings (SSSR count). The van der Waals surface area contributed by atoms with Gasteiger partial charge in [-0.3, -0.25) is 9.55 Å². The topological polar surface area (TPSA) is 88.2 Å². The standard InChI is InChI=1S/C16H14F2N3O3P/c17-16(18,25(22,23)24)13-6-4-12(5-7-13)11-21-10-9-20-15(21)14-3-1-2-8-19-14/h1-10H,11H2,(H2,22,23,24). The molecule has 2 aromatic heterocycles. The van der Waals surface area contributed by atoms with Crippen LogP contribution in [0, 0.1) is 0 Å². The highest BCUT2D eigenvalue weighted by Crippen LogP contribution is 2.59. The van der Waals surface area contributed by atoms with E-state index in [9.17, 15) is 13.3 Å². The third-order valence-electron chi connectivity index (χ3n) is 3.63. The highest BCUT2D eigenvalue weighted by atomic mass is 31.2. The second-order valence-electron chi connectivity index (χ2n) is 5.38. The Kier molecular flexibility index (Phi) is 4.51. The van der Waals surface area contributed by atoms with Gasteiger partial charge in [0.05, 0.1) is 0 Å². The Balaban J connectivity index is 1.84. The van der Waals surface area contributed by atoms with E-state index >= 15 is 0 Å². The van der Waals surface area contributed by atoms with Crippen LogP contribution >= 0.6 is 7.60 Å². The van der Waals surface area contributed by atoms with Crippen LogP contribution in [0.2, 0.25) is 0 Å². The summed E-state index contributed by atoms with van der Waals surface area (Å²) in [4.78, 5) is 26.0. The Labute approximate surface area is 142 Å². The van der Waals surface area contributed by atoms with Crippen LogP contribution in [0.1, 0.15) is 11.1 Å². The Morgan fingerprint density at radius 1 is 1.04 bits per heavy atom. The Morgan fingerprint density at radius 2 is 1.76 bits per heavy atom. The summed E-state index contributed by atoms with van der Waals surface area (Å²) in [5.41, 5.74) is -3.57. The van der Waals surface area contributed by atoms with Gasteiger partial charge in [0.1, 0.15) is 5.69 Å². The summed E-state index contributed by atoms with van der Waals surface area (Å²) in [6.07, 6.45) is 5.00. The van der Waals surface area contributed by atoms with Gasteiger partial charge in [0.15, 0.2) is 5.82 Å². The molecular weight excluding hydrogens is 351 g/mol. The molecule has 1 aromatic carbocycles. The number of nitrogens with zero attached hydrogens (tertiary/aromatic N) is 3. The minimum absolute atomic E-state index is 0.355. The molecule has 0 saturated carbocycles. The molecule has 25 heavy (non-hydrogen) atoms. The van der Waals surface area contributed by atoms with Gasteiger partial charge in [0.25, 0.3) is 0 Å². The van der Waals surface area contributed by atoms with E-state index in [-0.39, 0.29) is 0 Å². The average molecular weight is 365 g/mol. The van der Waals surface area contributed by atoms with Crippen LogP contribution in [-0.4, -0.2) is 24.3 Å². The maximum absolute atomic E-state index is 13.7. The summed E-state index contributed by atoms with van der Waals surface area (Å²) in [6.45, 7) is 0.355. The van der Waals surface area contributed by atoms with Gasteiger partial charge in [0, 0.05) is 30.7 Å². The van der Waals surface area contributed by atoms with E-state index in [4.69, 9.17) is 9.79 Å². The minimum atomic E-state index is -5.57. The van der Waals surface area contributed by atoms with Gasteiger partial charge in [-0.15, -0.1) is 0 Å². The average Bonchev–Trinajstić information content (AvgIpc) is 3.03. The van der Waals surface area contributed by atoms with E-state index in [1.54, 1.807) is 29.2 Å². The molecule has 0 amide bonds. The molecule has 0 aliphatic heterocycles. The van der Waals surface area contributed by atoms with Crippen LogP contribution in [0.25, 0.3) is 11.5 Å². The van der Waals surface area contributed by atoms with Crippen molar-refractivity contribution in [1.29, 1.82) is 0 Å². The van der Waals surface area contributed by atoms with Crippen LogP contribution in [0.5, 0.6) is 0 Å². The summed E-state index contributed by atoms with van der Waals surface area (Å²) in [7, 11) is -5.57. The molecular formula is C16H14F2N3O3P. The molecule has 130 valence electrons. The third-order valence-corrected chi connectivity index (χ3v) is 4.62. The monoisotopic (exact) mass is 365 g/mol. The molecule has 0 radical (unpaired) electrons. The van der Waals surface area contributed by atoms with Crippen molar-refractivity contribution in [2.75, 3.05) is 0 Å². The fourth-order valence-corrected chi connectivity index (χ4v) is 2.83. The first-order valence-electron chi connectivity index (χ1n) is 7.24. The van der Waals surface area contributed by atoms with Crippen molar-refractivity contribution in [2.45, 2.75) is 12.2 Å². The molecule has 2 heterocycles. The lowest BCUT2D eigenvalue weighted by Crippen LogP contribution is -2.13. The van der Waals surface area contributed by atoms with Gasteiger partial charge in [0.2, 0.25) is 0 Å². The highest BCUT2D eigenvalue weighted by molar-refractivity contribution is 7.52. The number of rotatable bonds is 5. The molecule has 0 spiro atoms. The number of hydrogen-bond acceptors (Lipinski definition) is 3. The first kappa shape index (κ1) is 17.4. The normalized spacial score (nSPS) is 12.3. The fourth-order valence-electron chi connectivity index (χ4n) is 2.34. The van der Waals surface area contributed by atoms with Crippen molar-refractivity contribution in [2.24, 2.45) is 0 Å². The summed E-state index contributed by atoms with van der Waals surface area (Å²) < 4.78 is 40.1. The molecule has 0 atom stereocenters. The molecule has 0 saturated heterocycles. The second-order valence-corrected chi connectivity index (χ2v) is 7.03. The van der Waals surface area contributed by atoms with Crippen molar-refractivity contribution in [3.63, 3.8) is 0 Å². The number of pyridine rings is 1. The van der Waals surface area contributed by atoms with E-state index in [0.717, 1.165) is 12.1 Å². The lowest BCUT2D eigenvalue weighted by Gasteiger charge is -2.18. The van der Waals surface area contributed by atoms with E-state index < -0.39 is 18.8 Å². The van der Waals surface area contributed by atoms with E-state index in [0.29, 0.717) is 23.6 Å². The second kappa shape index (κ2) is 6.48. The Hall–Kier alpha value is -2.41. The van der Waals surface area contributed by atoms with Crippen LogP contribution in [0.4, 0.5) is 8.78 Å². The number of halogens is 2. The summed E-state index contributed by atoms with van der Waals surface area (Å²) in [6, 6.07) is 10.3. The quantitative estimate of drug-likeness (QED) is 0.678.